The number of aryl methyl sites for hydroxylation is 1. The van der Waals surface area contributed by atoms with E-state index in [-0.39, 0.29) is 60.0 Å². The fourth-order valence-corrected chi connectivity index (χ4v) is 11.1. The number of amides is 3. The summed E-state index contributed by atoms with van der Waals surface area (Å²) in [6.07, 6.45) is 0.668. The number of carbonyl (C=O) groups is 3. The van der Waals surface area contributed by atoms with Gasteiger partial charge in [-0.1, -0.05) is 56.9 Å². The number of thiazole rings is 1. The zero-order chi connectivity index (χ0) is 43.6. The maximum atomic E-state index is 15.1. The summed E-state index contributed by atoms with van der Waals surface area (Å²) in [7, 11) is -3.92. The van der Waals surface area contributed by atoms with Crippen LogP contribution < -0.4 is 20.1 Å². The van der Waals surface area contributed by atoms with Crippen LogP contribution in [0.1, 0.15) is 82.4 Å². The normalized spacial score (nSPS) is 23.6. The van der Waals surface area contributed by atoms with Gasteiger partial charge in [0.05, 0.1) is 23.1 Å². The molecular formula is C43H46F3N7O7S2. The predicted molar refractivity (Wildman–Crippen MR) is 224 cm³/mol. The largest absolute Gasteiger partial charge is 0.470 e. The van der Waals surface area contributed by atoms with Crippen molar-refractivity contribution in [1.29, 1.82) is 0 Å². The van der Waals surface area contributed by atoms with Gasteiger partial charge in [0.25, 0.3) is 11.8 Å². The van der Waals surface area contributed by atoms with Gasteiger partial charge in [-0.05, 0) is 75.1 Å². The van der Waals surface area contributed by atoms with Crippen molar-refractivity contribution in [3.05, 3.63) is 65.2 Å². The highest BCUT2D eigenvalue weighted by Gasteiger charge is 2.62. The van der Waals surface area contributed by atoms with Gasteiger partial charge in [0, 0.05) is 22.8 Å². The van der Waals surface area contributed by atoms with Crippen molar-refractivity contribution in [3.8, 4) is 17.3 Å². The highest BCUT2D eigenvalue weighted by molar-refractivity contribution is 7.91. The van der Waals surface area contributed by atoms with Crippen molar-refractivity contribution in [2.24, 2.45) is 11.8 Å². The number of likely N-dealkylation sites (tertiary alicyclic amines) is 1. The number of rotatable bonds is 13. The summed E-state index contributed by atoms with van der Waals surface area (Å²) in [5.41, 5.74) is -0.244. The number of hydrogen-bond donors (Lipinski definition) is 3. The monoisotopic (exact) mass is 893 g/mol. The first kappa shape index (κ1) is 42.0. The lowest BCUT2D eigenvalue weighted by molar-refractivity contribution is -0.141. The highest BCUT2D eigenvalue weighted by atomic mass is 32.2. The molecule has 4 aliphatic rings. The van der Waals surface area contributed by atoms with Crippen LogP contribution in [0.25, 0.3) is 33.5 Å². The molecule has 14 nitrogen and oxygen atoms in total. The Hall–Kier alpha value is -5.30. The van der Waals surface area contributed by atoms with Crippen LogP contribution in [0.2, 0.25) is 0 Å². The molecule has 0 spiro atoms. The Kier molecular flexibility index (Phi) is 10.9. The molecule has 328 valence electrons. The molecule has 4 fully saturated rings. The molecule has 9 rings (SSSR count). The van der Waals surface area contributed by atoms with Crippen molar-refractivity contribution in [2.45, 2.75) is 113 Å². The summed E-state index contributed by atoms with van der Waals surface area (Å²) in [6, 6.07) is 9.65. The van der Waals surface area contributed by atoms with E-state index in [4.69, 9.17) is 14.1 Å². The highest BCUT2D eigenvalue weighted by Crippen LogP contribution is 2.47. The molecule has 1 aliphatic heterocycles. The number of hydrogen-bond acceptors (Lipinski definition) is 12. The number of nitrogens with zero attached hydrogens (tertiary/aromatic N) is 4. The average molecular weight is 894 g/mol. The van der Waals surface area contributed by atoms with E-state index in [1.54, 1.807) is 24.3 Å². The number of sulfonamides is 1. The summed E-state index contributed by atoms with van der Waals surface area (Å²) in [5.74, 6) is -2.13. The molecule has 3 amide bonds. The van der Waals surface area contributed by atoms with Crippen molar-refractivity contribution in [1.82, 2.24) is 29.9 Å². The van der Waals surface area contributed by atoms with Crippen molar-refractivity contribution in [3.63, 3.8) is 0 Å². The molecule has 3 aromatic heterocycles. The Balaban J connectivity index is 1.07. The van der Waals surface area contributed by atoms with Crippen LogP contribution in [0, 0.1) is 18.8 Å². The Bertz CT molecular complexity index is 2640. The smallest absolute Gasteiger partial charge is 0.416 e. The van der Waals surface area contributed by atoms with Crippen molar-refractivity contribution in [2.75, 3.05) is 11.9 Å². The summed E-state index contributed by atoms with van der Waals surface area (Å²) >= 11 is 1.38. The second-order valence-corrected chi connectivity index (χ2v) is 19.8. The van der Waals surface area contributed by atoms with Crippen LogP contribution in [-0.4, -0.2) is 81.5 Å². The number of fused-ring (bicyclic) bond motifs is 3. The molecule has 0 bridgehead atoms. The number of anilines is 1. The van der Waals surface area contributed by atoms with Gasteiger partial charge in [-0.2, -0.15) is 18.2 Å². The number of carbonyl (C=O) groups excluding carboxylic acids is 3. The minimum atomic E-state index is -4.55. The molecule has 1 saturated heterocycles. The molecule has 62 heavy (non-hydrogen) atoms. The van der Waals surface area contributed by atoms with Gasteiger partial charge in [0.1, 0.15) is 34.8 Å². The molecule has 19 heteroatoms. The number of aromatic nitrogens is 3. The Morgan fingerprint density at radius 3 is 2.42 bits per heavy atom. The zero-order valence-electron chi connectivity index (χ0n) is 34.0. The Morgan fingerprint density at radius 2 is 1.76 bits per heavy atom. The number of furan rings is 1. The maximum absolute atomic E-state index is 15.1. The van der Waals surface area contributed by atoms with Crippen LogP contribution >= 0.6 is 11.3 Å². The first-order chi connectivity index (χ1) is 29.6. The maximum Gasteiger partial charge on any atom is 0.416 e. The van der Waals surface area contributed by atoms with Gasteiger partial charge in [-0.15, -0.1) is 11.3 Å². The van der Waals surface area contributed by atoms with Crippen LogP contribution in [0.15, 0.2) is 58.3 Å². The molecular weight excluding hydrogens is 848 g/mol. The predicted octanol–water partition coefficient (Wildman–Crippen LogP) is 7.13. The van der Waals surface area contributed by atoms with Gasteiger partial charge in [-0.25, -0.2) is 18.4 Å². The van der Waals surface area contributed by atoms with Crippen LogP contribution in [0.3, 0.4) is 0 Å². The molecule has 0 unspecified atom stereocenters. The first-order valence-corrected chi connectivity index (χ1v) is 23.5. The number of ether oxygens (including phenoxy) is 1. The topological polar surface area (TPSA) is 186 Å². The van der Waals surface area contributed by atoms with Gasteiger partial charge >= 0.3 is 6.18 Å². The van der Waals surface area contributed by atoms with Gasteiger partial charge < -0.3 is 24.7 Å². The van der Waals surface area contributed by atoms with Crippen LogP contribution in [0.4, 0.5) is 18.3 Å². The molecule has 5 aromatic rings. The Labute approximate surface area is 359 Å². The second-order valence-electron chi connectivity index (χ2n) is 16.9. The lowest BCUT2D eigenvalue weighted by Crippen LogP contribution is -2.58. The van der Waals surface area contributed by atoms with E-state index in [1.165, 1.54) is 28.4 Å². The minimum absolute atomic E-state index is 0.0332. The first-order valence-electron chi connectivity index (χ1n) is 21.0. The molecule has 5 atom stereocenters. The summed E-state index contributed by atoms with van der Waals surface area (Å²) in [6.45, 7) is 3.64. The summed E-state index contributed by atoms with van der Waals surface area (Å²) in [5, 5.41) is 8.72. The summed E-state index contributed by atoms with van der Waals surface area (Å²) in [4.78, 5) is 58.9. The van der Waals surface area contributed by atoms with E-state index in [0.29, 0.717) is 40.9 Å². The molecule has 4 heterocycles. The fraction of sp³-hybridized carbons (Fsp3) is 0.488. The van der Waals surface area contributed by atoms with Gasteiger partial charge in [0.15, 0.2) is 11.0 Å². The minimum Gasteiger partial charge on any atom is -0.470 e. The third kappa shape index (κ3) is 8.20. The van der Waals surface area contributed by atoms with Crippen molar-refractivity contribution >= 4 is 66.3 Å². The Morgan fingerprint density at radius 1 is 1.02 bits per heavy atom. The van der Waals surface area contributed by atoms with E-state index in [0.717, 1.165) is 49.9 Å². The molecule has 3 aliphatic carbocycles. The SMILES string of the molecule is CC[C@@H]1C[C@]1(NC(=O)[C@@H]1C[C@@H](Oc2nc(-c3ccc(C(F)(F)F)cc3)nc3c2oc2ccccc23)CN1C(=O)[C@@H](Nc1nc(C)cs1)C1CCCCC1)C(=O)NS(=O)(=O)C1CC1. The summed E-state index contributed by atoms with van der Waals surface area (Å²) < 4.78 is 81.3. The number of halogens is 3. The van der Waals surface area contributed by atoms with E-state index in [1.807, 2.05) is 19.2 Å². The third-order valence-electron chi connectivity index (χ3n) is 12.6. The average Bonchev–Trinajstić information content (AvgIpc) is 4.11. The number of para-hydroxylation sites is 1. The number of alkyl halides is 3. The lowest BCUT2D eigenvalue weighted by Gasteiger charge is -2.34. The van der Waals surface area contributed by atoms with Crippen LogP contribution in [-0.2, 0) is 30.6 Å². The third-order valence-corrected chi connectivity index (χ3v) is 15.3. The zero-order valence-corrected chi connectivity index (χ0v) is 35.7. The van der Waals surface area contributed by atoms with E-state index in [9.17, 15) is 31.2 Å². The fourth-order valence-electron chi connectivity index (χ4n) is 8.99. The lowest BCUT2D eigenvalue weighted by atomic mass is 9.83. The van der Waals surface area contributed by atoms with Gasteiger partial charge in [-0.3, -0.25) is 19.1 Å². The number of benzene rings is 2. The van der Waals surface area contributed by atoms with Gasteiger partial charge in [0.2, 0.25) is 27.4 Å². The second kappa shape index (κ2) is 16.1. The van der Waals surface area contributed by atoms with Crippen molar-refractivity contribution < 1.29 is 45.1 Å². The molecule has 3 N–H and O–H groups in total. The quantitative estimate of drug-likeness (QED) is 0.109. The van der Waals surface area contributed by atoms with E-state index < -0.39 is 62.6 Å². The standard InChI is InChI=1S/C43H46F3N7O7S2/c1-3-26-20-42(26,40(56)52-62(57,58)29-17-18-29)51-37(54)31-19-28(21-53(31)39(55)33(24-9-5-4-6-10-24)49-41-47-23(2)22-61-41)59-38-35-34(30-11-7-8-12-32(30)60-35)48-36(50-38)25-13-15-27(16-14-25)43(44,45)46/h7-8,11-16,22,24,26,28-29,31,33H,3-6,9-10,17-21H2,1-2H3,(H,47,49)(H,51,54)(H,52,56)/t26-,28-,31+,33+,42-/m1/s1. The van der Waals surface area contributed by atoms with E-state index >= 15 is 4.79 Å². The van der Waals surface area contributed by atoms with E-state index in [2.05, 4.69) is 25.3 Å². The number of nitrogens with one attached hydrogen (secondary N) is 3. The molecule has 3 saturated carbocycles. The molecule has 0 radical (unpaired) electrons. The molecule has 2 aromatic carbocycles. The van der Waals surface area contributed by atoms with Crippen LogP contribution in [0.5, 0.6) is 5.88 Å².